The number of phenols is 2. The molecule has 0 spiro atoms. The molecule has 2 atom stereocenters. The molecule has 138 valence electrons. The van der Waals surface area contributed by atoms with Crippen LogP contribution >= 0.6 is 0 Å². The average molecular weight is 358 g/mol. The van der Waals surface area contributed by atoms with E-state index in [4.69, 9.17) is 0 Å². The van der Waals surface area contributed by atoms with Crippen molar-refractivity contribution in [3.05, 3.63) is 34.4 Å². The van der Waals surface area contributed by atoms with E-state index >= 15 is 0 Å². The molecule has 2 aromatic rings. The number of aliphatic hydroxyl groups excluding tert-OH is 1. The molecule has 4 N–H and O–H groups in total. The van der Waals surface area contributed by atoms with E-state index < -0.39 is 34.4 Å². The number of ketones is 2. The topological polar surface area (TPSA) is 115 Å². The third kappa shape index (κ3) is 2.12. The second-order valence-electron chi connectivity index (χ2n) is 7.73. The fourth-order valence-electron chi connectivity index (χ4n) is 4.01. The minimum atomic E-state index is -2.27. The van der Waals surface area contributed by atoms with Crippen molar-refractivity contribution in [2.75, 3.05) is 0 Å². The molecule has 0 aliphatic heterocycles. The zero-order valence-corrected chi connectivity index (χ0v) is 15.3. The Bertz CT molecular complexity index is 982. The molecule has 0 saturated heterocycles. The number of aryl methyl sites for hydroxylation is 1. The van der Waals surface area contributed by atoms with Crippen molar-refractivity contribution >= 4 is 22.3 Å². The minimum absolute atomic E-state index is 0.0135. The Kier molecular flexibility index (Phi) is 3.73. The molecular weight excluding hydrogens is 336 g/mol. The lowest BCUT2D eigenvalue weighted by Crippen LogP contribution is -2.56. The van der Waals surface area contributed by atoms with Crippen LogP contribution in [0.4, 0.5) is 0 Å². The zero-order valence-electron chi connectivity index (χ0n) is 15.3. The maximum absolute atomic E-state index is 12.7. The van der Waals surface area contributed by atoms with E-state index in [0.717, 1.165) is 6.92 Å². The lowest BCUT2D eigenvalue weighted by atomic mass is 9.64. The molecule has 1 aliphatic carbocycles. The second-order valence-corrected chi connectivity index (χ2v) is 7.73. The van der Waals surface area contributed by atoms with Crippen molar-refractivity contribution in [1.82, 2.24) is 0 Å². The summed E-state index contributed by atoms with van der Waals surface area (Å²) in [6.07, 6.45) is -0.980. The van der Waals surface area contributed by atoms with Gasteiger partial charge in [0.1, 0.15) is 11.5 Å². The summed E-state index contributed by atoms with van der Waals surface area (Å²) in [6, 6.07) is 3.25. The molecule has 0 aromatic heterocycles. The highest BCUT2D eigenvalue weighted by molar-refractivity contribution is 6.26. The van der Waals surface area contributed by atoms with Gasteiger partial charge in [0.05, 0.1) is 22.5 Å². The number of rotatable bonds is 1. The van der Waals surface area contributed by atoms with Gasteiger partial charge in [-0.1, -0.05) is 6.07 Å². The zero-order chi connectivity index (χ0) is 19.8. The Morgan fingerprint density at radius 3 is 2.15 bits per heavy atom. The van der Waals surface area contributed by atoms with Gasteiger partial charge in [-0.2, -0.15) is 0 Å². The maximum atomic E-state index is 12.7. The van der Waals surface area contributed by atoms with E-state index in [1.165, 1.54) is 6.92 Å². The van der Waals surface area contributed by atoms with Crippen LogP contribution in [0.1, 0.15) is 60.8 Å². The Morgan fingerprint density at radius 1 is 1.04 bits per heavy atom. The summed E-state index contributed by atoms with van der Waals surface area (Å²) in [6.45, 7) is 7.47. The van der Waals surface area contributed by atoms with Gasteiger partial charge in [-0.25, -0.2) is 0 Å². The summed E-state index contributed by atoms with van der Waals surface area (Å²) in [7, 11) is 0. The van der Waals surface area contributed by atoms with Crippen LogP contribution in [0.3, 0.4) is 0 Å². The third-order valence-electron chi connectivity index (χ3n) is 5.39. The smallest absolute Gasteiger partial charge is 0.205 e. The summed E-state index contributed by atoms with van der Waals surface area (Å²) >= 11 is 0. The highest BCUT2D eigenvalue weighted by atomic mass is 16.3. The van der Waals surface area contributed by atoms with E-state index in [1.54, 1.807) is 32.9 Å². The molecule has 3 rings (SSSR count). The standard InChI is InChI=1S/C20H22O6/c1-8-6-10-7-11-14(16(23)13(10)15(22)12(8)9(2)21)17(24)20(5,26)18(25)19(11,3)4/h6-7,9,21-23,26H,1-5H3. The number of hydrogen-bond donors (Lipinski definition) is 4. The van der Waals surface area contributed by atoms with Crippen LogP contribution in [0.5, 0.6) is 11.5 Å². The molecule has 1 aliphatic rings. The minimum Gasteiger partial charge on any atom is -0.507 e. The number of aromatic hydroxyl groups is 2. The summed E-state index contributed by atoms with van der Waals surface area (Å²) in [4.78, 5) is 25.4. The van der Waals surface area contributed by atoms with Crippen molar-refractivity contribution in [3.63, 3.8) is 0 Å². The molecule has 6 heteroatoms. The number of carbonyl (C=O) groups is 2. The van der Waals surface area contributed by atoms with E-state index in [1.807, 2.05) is 0 Å². The van der Waals surface area contributed by atoms with E-state index in [9.17, 15) is 30.0 Å². The van der Waals surface area contributed by atoms with Gasteiger partial charge in [-0.05, 0) is 57.2 Å². The Morgan fingerprint density at radius 2 is 1.62 bits per heavy atom. The van der Waals surface area contributed by atoms with Crippen LogP contribution in [0.2, 0.25) is 0 Å². The molecule has 0 amide bonds. The molecule has 0 bridgehead atoms. The molecule has 26 heavy (non-hydrogen) atoms. The quantitative estimate of drug-likeness (QED) is 0.582. The highest BCUT2D eigenvalue weighted by Gasteiger charge is 2.54. The van der Waals surface area contributed by atoms with Gasteiger partial charge in [0, 0.05) is 5.56 Å². The van der Waals surface area contributed by atoms with E-state index in [0.29, 0.717) is 16.5 Å². The molecule has 0 fully saturated rings. The highest BCUT2D eigenvalue weighted by Crippen LogP contribution is 2.48. The number of aliphatic hydroxyl groups is 2. The largest absolute Gasteiger partial charge is 0.507 e. The van der Waals surface area contributed by atoms with Crippen LogP contribution in [-0.4, -0.2) is 37.6 Å². The first-order chi connectivity index (χ1) is 11.8. The molecule has 0 heterocycles. The monoisotopic (exact) mass is 358 g/mol. The summed E-state index contributed by atoms with van der Waals surface area (Å²) in [5.74, 6) is -2.38. The van der Waals surface area contributed by atoms with Gasteiger partial charge in [-0.15, -0.1) is 0 Å². The van der Waals surface area contributed by atoms with Crippen LogP contribution in [0.25, 0.3) is 10.8 Å². The number of phenolic OH excluding ortho intramolecular Hbond substituents is 2. The normalized spacial score (nSPS) is 23.2. The third-order valence-corrected chi connectivity index (χ3v) is 5.39. The number of Topliss-reactive ketones (excluding diaryl/α,β-unsaturated/α-hetero) is 2. The molecule has 2 aromatic carbocycles. The molecule has 6 nitrogen and oxygen atoms in total. The molecule has 0 saturated carbocycles. The maximum Gasteiger partial charge on any atom is 0.205 e. The number of fused-ring (bicyclic) bond motifs is 2. The van der Waals surface area contributed by atoms with Gasteiger partial charge in [0.15, 0.2) is 11.4 Å². The van der Waals surface area contributed by atoms with Gasteiger partial charge >= 0.3 is 0 Å². The van der Waals surface area contributed by atoms with Crippen LogP contribution in [0.15, 0.2) is 12.1 Å². The van der Waals surface area contributed by atoms with Gasteiger partial charge in [0.2, 0.25) is 5.78 Å². The molecule has 0 radical (unpaired) electrons. The van der Waals surface area contributed by atoms with Gasteiger partial charge in [0.25, 0.3) is 0 Å². The second kappa shape index (κ2) is 5.28. The Labute approximate surface area is 150 Å². The number of benzene rings is 2. The van der Waals surface area contributed by atoms with Crippen molar-refractivity contribution in [3.8, 4) is 11.5 Å². The Balaban J connectivity index is 2.53. The first-order valence-electron chi connectivity index (χ1n) is 8.36. The molecular formula is C20H22O6. The van der Waals surface area contributed by atoms with Crippen molar-refractivity contribution in [2.24, 2.45) is 0 Å². The van der Waals surface area contributed by atoms with E-state index in [2.05, 4.69) is 0 Å². The lowest BCUT2D eigenvalue weighted by Gasteiger charge is -2.38. The predicted octanol–water partition coefficient (Wildman–Crippen LogP) is 2.41. The SMILES string of the molecule is Cc1cc2cc3c(c(O)c2c(O)c1C(C)O)C(=O)C(C)(O)C(=O)C3(C)C. The number of hydrogen-bond acceptors (Lipinski definition) is 6. The Hall–Kier alpha value is -2.44. The average Bonchev–Trinajstić information content (AvgIpc) is 2.51. The number of carbonyl (C=O) groups excluding carboxylic acids is 2. The van der Waals surface area contributed by atoms with Crippen molar-refractivity contribution in [1.29, 1.82) is 0 Å². The summed E-state index contributed by atoms with van der Waals surface area (Å²) in [5, 5.41) is 42.3. The summed E-state index contributed by atoms with van der Waals surface area (Å²) < 4.78 is 0. The van der Waals surface area contributed by atoms with Crippen LogP contribution in [0, 0.1) is 6.92 Å². The first-order valence-corrected chi connectivity index (χ1v) is 8.36. The van der Waals surface area contributed by atoms with Crippen LogP contribution < -0.4 is 0 Å². The fourth-order valence-corrected chi connectivity index (χ4v) is 4.01. The van der Waals surface area contributed by atoms with Gasteiger partial charge in [-0.3, -0.25) is 9.59 Å². The first kappa shape index (κ1) is 18.4. The molecule has 2 unspecified atom stereocenters. The summed E-state index contributed by atoms with van der Waals surface area (Å²) in [5.41, 5.74) is -2.49. The van der Waals surface area contributed by atoms with Crippen molar-refractivity contribution in [2.45, 2.75) is 51.7 Å². The fraction of sp³-hybridized carbons (Fsp3) is 0.400. The lowest BCUT2D eigenvalue weighted by molar-refractivity contribution is -0.137. The van der Waals surface area contributed by atoms with E-state index in [-0.39, 0.29) is 22.3 Å². The van der Waals surface area contributed by atoms with Crippen molar-refractivity contribution < 1.29 is 30.0 Å². The van der Waals surface area contributed by atoms with Gasteiger partial charge < -0.3 is 20.4 Å². The predicted molar refractivity (Wildman–Crippen MR) is 95.6 cm³/mol. The van der Waals surface area contributed by atoms with Crippen LogP contribution in [-0.2, 0) is 10.2 Å².